The van der Waals surface area contributed by atoms with Crippen LogP contribution in [0.1, 0.15) is 51.4 Å². The number of ether oxygens (including phenoxy) is 1. The Bertz CT molecular complexity index is 1320. The molecule has 4 rings (SSSR count). The number of nitrogens with zero attached hydrogens (tertiary/aromatic N) is 2. The average Bonchev–Trinajstić information content (AvgIpc) is 3.35. The monoisotopic (exact) mass is 520 g/mol. The van der Waals surface area contributed by atoms with Crippen molar-refractivity contribution in [1.82, 2.24) is 20.5 Å². The number of amides is 3. The summed E-state index contributed by atoms with van der Waals surface area (Å²) in [6.07, 6.45) is 3.03. The highest BCUT2D eigenvalue weighted by Crippen LogP contribution is 2.33. The lowest BCUT2D eigenvalue weighted by atomic mass is 9.98. The molecule has 1 aliphatic heterocycles. The molecule has 0 saturated carbocycles. The number of rotatable bonds is 2. The number of phenolic OH excluding ortho intramolecular Hbond substituents is 1. The molecule has 0 aliphatic carbocycles. The van der Waals surface area contributed by atoms with E-state index in [2.05, 4.69) is 15.6 Å². The Kier molecular flexibility index (Phi) is 8.62. The molecular weight excluding hydrogens is 488 g/mol. The molecule has 38 heavy (non-hydrogen) atoms. The van der Waals surface area contributed by atoms with Gasteiger partial charge in [-0.1, -0.05) is 12.1 Å². The van der Waals surface area contributed by atoms with Crippen molar-refractivity contribution in [2.75, 3.05) is 33.3 Å². The van der Waals surface area contributed by atoms with Crippen molar-refractivity contribution in [3.05, 3.63) is 65.4 Å². The van der Waals surface area contributed by atoms with E-state index >= 15 is 0 Å². The van der Waals surface area contributed by atoms with Gasteiger partial charge in [-0.15, -0.1) is 0 Å². The van der Waals surface area contributed by atoms with Crippen LogP contribution in [0.25, 0.3) is 11.1 Å². The van der Waals surface area contributed by atoms with Gasteiger partial charge in [0.1, 0.15) is 11.5 Å². The van der Waals surface area contributed by atoms with Gasteiger partial charge in [0.05, 0.1) is 18.4 Å². The van der Waals surface area contributed by atoms with E-state index in [1.807, 2.05) is 6.07 Å². The summed E-state index contributed by atoms with van der Waals surface area (Å²) in [5, 5.41) is 16.3. The van der Waals surface area contributed by atoms with E-state index in [9.17, 15) is 19.5 Å². The van der Waals surface area contributed by atoms with Crippen molar-refractivity contribution in [2.24, 2.45) is 0 Å². The quantitative estimate of drug-likeness (QED) is 0.473. The fourth-order valence-electron chi connectivity index (χ4n) is 4.42. The molecule has 2 heterocycles. The fraction of sp³-hybridized carbons (Fsp3) is 0.357. The third-order valence-electron chi connectivity index (χ3n) is 6.50. The van der Waals surface area contributed by atoms with Crippen molar-refractivity contribution in [3.8, 4) is 22.6 Å². The van der Waals surface area contributed by atoms with E-state index in [0.717, 1.165) is 5.56 Å². The fourth-order valence-corrected chi connectivity index (χ4v) is 4.42. The zero-order chi connectivity index (χ0) is 27.1. The number of benzene rings is 2. The number of aromatic nitrogens is 1. The molecular formula is C28H32N4O6. The van der Waals surface area contributed by atoms with Crippen molar-refractivity contribution in [1.29, 1.82) is 0 Å². The molecule has 0 fully saturated rings. The van der Waals surface area contributed by atoms with E-state index in [1.54, 1.807) is 42.2 Å². The Morgan fingerprint density at radius 3 is 2.61 bits per heavy atom. The number of fused-ring (bicyclic) bond motifs is 5. The number of phenols is 1. The highest BCUT2D eigenvalue weighted by atomic mass is 16.5. The Morgan fingerprint density at radius 1 is 1.03 bits per heavy atom. The number of hydrogen-bond acceptors (Lipinski definition) is 7. The number of carbonyl (C=O) groups is 3. The SMILES string of the molecule is COc1ccc2cc1C(=O)NCCCN(C(=O)c1ocnc1C)CCCC(=O)NCCc1ccc(O)c-2c1. The smallest absolute Gasteiger partial charge is 0.291 e. The second-order valence-corrected chi connectivity index (χ2v) is 9.14. The Labute approximate surface area is 221 Å². The maximum absolute atomic E-state index is 13.1. The molecule has 2 aromatic carbocycles. The van der Waals surface area contributed by atoms with Gasteiger partial charge in [0.15, 0.2) is 6.39 Å². The number of oxazole rings is 1. The molecule has 10 nitrogen and oxygen atoms in total. The lowest BCUT2D eigenvalue weighted by Gasteiger charge is -2.22. The third kappa shape index (κ3) is 6.31. The molecule has 4 bridgehead atoms. The first kappa shape index (κ1) is 26.7. The lowest BCUT2D eigenvalue weighted by Crippen LogP contribution is -2.36. The average molecular weight is 521 g/mol. The molecule has 1 aromatic heterocycles. The molecule has 1 aliphatic rings. The molecule has 0 saturated heterocycles. The first-order chi connectivity index (χ1) is 18.4. The predicted molar refractivity (Wildman–Crippen MR) is 140 cm³/mol. The van der Waals surface area contributed by atoms with Crippen LogP contribution in [0.3, 0.4) is 0 Å². The number of carbonyl (C=O) groups excluding carboxylic acids is 3. The molecule has 0 radical (unpaired) electrons. The zero-order valence-corrected chi connectivity index (χ0v) is 21.6. The molecule has 3 aromatic rings. The summed E-state index contributed by atoms with van der Waals surface area (Å²) in [7, 11) is 1.49. The van der Waals surface area contributed by atoms with E-state index in [1.165, 1.54) is 13.5 Å². The van der Waals surface area contributed by atoms with Gasteiger partial charge in [0.25, 0.3) is 11.8 Å². The van der Waals surface area contributed by atoms with E-state index < -0.39 is 0 Å². The van der Waals surface area contributed by atoms with Gasteiger partial charge in [-0.25, -0.2) is 4.98 Å². The molecule has 200 valence electrons. The minimum atomic E-state index is -0.323. The minimum absolute atomic E-state index is 0.0898. The van der Waals surface area contributed by atoms with Crippen LogP contribution in [0.4, 0.5) is 0 Å². The van der Waals surface area contributed by atoms with Gasteiger partial charge in [-0.05, 0) is 61.6 Å². The molecule has 3 N–H and O–H groups in total. The van der Waals surface area contributed by atoms with E-state index in [0.29, 0.717) is 73.6 Å². The summed E-state index contributed by atoms with van der Waals surface area (Å²) in [5.74, 6) is -0.0530. The highest BCUT2D eigenvalue weighted by molar-refractivity contribution is 5.98. The molecule has 3 amide bonds. The van der Waals surface area contributed by atoms with Gasteiger partial charge in [0, 0.05) is 38.2 Å². The molecule has 10 heteroatoms. The van der Waals surface area contributed by atoms with Crippen LogP contribution in [-0.2, 0) is 11.2 Å². The zero-order valence-electron chi connectivity index (χ0n) is 21.6. The van der Waals surface area contributed by atoms with Gasteiger partial charge in [0.2, 0.25) is 11.7 Å². The van der Waals surface area contributed by atoms with Crippen LogP contribution in [0.15, 0.2) is 47.2 Å². The topological polar surface area (TPSA) is 134 Å². The van der Waals surface area contributed by atoms with Crippen LogP contribution in [0, 0.1) is 6.92 Å². The normalized spacial score (nSPS) is 15.5. The summed E-state index contributed by atoms with van der Waals surface area (Å²) in [6, 6.07) is 10.4. The first-order valence-electron chi connectivity index (χ1n) is 12.6. The number of hydrogen-bond donors (Lipinski definition) is 3. The van der Waals surface area contributed by atoms with Gasteiger partial charge in [-0.3, -0.25) is 14.4 Å². The van der Waals surface area contributed by atoms with Gasteiger partial charge < -0.3 is 29.8 Å². The third-order valence-corrected chi connectivity index (χ3v) is 6.50. The Balaban J connectivity index is 1.58. The second-order valence-electron chi connectivity index (χ2n) is 9.14. The Hall–Kier alpha value is -4.34. The molecule has 0 spiro atoms. The van der Waals surface area contributed by atoms with Gasteiger partial charge >= 0.3 is 0 Å². The summed E-state index contributed by atoms with van der Waals surface area (Å²) in [5.41, 5.74) is 3.01. The summed E-state index contributed by atoms with van der Waals surface area (Å²) in [4.78, 5) is 44.2. The standard InChI is InChI=1S/C28H32N4O6/c1-18-26(38-17-31-18)28(36)32-13-3-5-25(34)29-12-10-19-6-8-23(33)21(15-19)20-7-9-24(37-2)22(16-20)27(35)30-11-4-14-32/h6-9,15-17,33H,3-5,10-14H2,1-2H3,(H,29,34)(H,30,35). The van der Waals surface area contributed by atoms with E-state index in [4.69, 9.17) is 9.15 Å². The summed E-state index contributed by atoms with van der Waals surface area (Å²) in [6.45, 7) is 3.16. The van der Waals surface area contributed by atoms with E-state index in [-0.39, 0.29) is 35.7 Å². The number of aryl methyl sites for hydroxylation is 1. The molecule has 0 atom stereocenters. The summed E-state index contributed by atoms with van der Waals surface area (Å²) < 4.78 is 10.7. The van der Waals surface area contributed by atoms with Crippen LogP contribution in [0.2, 0.25) is 0 Å². The van der Waals surface area contributed by atoms with Crippen molar-refractivity contribution < 1.29 is 28.6 Å². The maximum Gasteiger partial charge on any atom is 0.291 e. The first-order valence-corrected chi connectivity index (χ1v) is 12.6. The number of methoxy groups -OCH3 is 1. The van der Waals surface area contributed by atoms with Crippen molar-refractivity contribution in [3.63, 3.8) is 0 Å². The largest absolute Gasteiger partial charge is 0.507 e. The maximum atomic E-state index is 13.1. The van der Waals surface area contributed by atoms with Crippen molar-refractivity contribution in [2.45, 2.75) is 32.6 Å². The predicted octanol–water partition coefficient (Wildman–Crippen LogP) is 3.08. The molecule has 0 unspecified atom stereocenters. The minimum Gasteiger partial charge on any atom is -0.507 e. The van der Waals surface area contributed by atoms with Gasteiger partial charge in [-0.2, -0.15) is 0 Å². The number of aromatic hydroxyl groups is 1. The van der Waals surface area contributed by atoms with Crippen LogP contribution >= 0.6 is 0 Å². The van der Waals surface area contributed by atoms with Crippen LogP contribution < -0.4 is 15.4 Å². The van der Waals surface area contributed by atoms with Crippen LogP contribution in [-0.4, -0.2) is 66.0 Å². The number of nitrogens with one attached hydrogen (secondary N) is 2. The summed E-state index contributed by atoms with van der Waals surface area (Å²) >= 11 is 0. The van der Waals surface area contributed by atoms with Crippen molar-refractivity contribution >= 4 is 17.7 Å². The second kappa shape index (κ2) is 12.3. The van der Waals surface area contributed by atoms with Crippen LogP contribution in [0.5, 0.6) is 11.5 Å². The lowest BCUT2D eigenvalue weighted by molar-refractivity contribution is -0.121. The Morgan fingerprint density at radius 2 is 1.84 bits per heavy atom. The highest BCUT2D eigenvalue weighted by Gasteiger charge is 2.22.